The highest BCUT2D eigenvalue weighted by Gasteiger charge is 2.24. The minimum atomic E-state index is -0.522. The summed E-state index contributed by atoms with van der Waals surface area (Å²) in [5.41, 5.74) is 1.96. The minimum Gasteiger partial charge on any atom is -0.243 e. The molecule has 19 heavy (non-hydrogen) atoms. The molecule has 1 aliphatic carbocycles. The summed E-state index contributed by atoms with van der Waals surface area (Å²) in [6.07, 6.45) is 4.69. The summed E-state index contributed by atoms with van der Waals surface area (Å²) in [6.45, 7) is -0.522. The van der Waals surface area contributed by atoms with Crippen LogP contribution >= 0.6 is 11.3 Å². The van der Waals surface area contributed by atoms with Gasteiger partial charge in [-0.1, -0.05) is 25.0 Å². The number of halogens is 2. The first-order valence-corrected chi connectivity index (χ1v) is 7.41. The van der Waals surface area contributed by atoms with Crippen molar-refractivity contribution in [1.82, 2.24) is 4.98 Å². The van der Waals surface area contributed by atoms with Crippen molar-refractivity contribution in [3.05, 3.63) is 40.8 Å². The van der Waals surface area contributed by atoms with Crippen molar-refractivity contribution in [3.63, 3.8) is 0 Å². The molecule has 4 heteroatoms. The SMILES string of the molecule is FCc1nc(C2CCCC2)c(-c2ccc(F)cc2)s1. The second-order valence-electron chi connectivity index (χ2n) is 4.94. The number of benzene rings is 1. The number of rotatable bonds is 3. The van der Waals surface area contributed by atoms with Crippen LogP contribution < -0.4 is 0 Å². The lowest BCUT2D eigenvalue weighted by atomic mass is 10.0. The van der Waals surface area contributed by atoms with Crippen LogP contribution in [0.1, 0.15) is 42.3 Å². The molecule has 0 atom stereocenters. The predicted molar refractivity (Wildman–Crippen MR) is 73.5 cm³/mol. The fourth-order valence-corrected chi connectivity index (χ4v) is 3.72. The van der Waals surface area contributed by atoms with Gasteiger partial charge >= 0.3 is 0 Å². The molecular weight excluding hydrogens is 264 g/mol. The van der Waals surface area contributed by atoms with Gasteiger partial charge in [-0.3, -0.25) is 0 Å². The van der Waals surface area contributed by atoms with Gasteiger partial charge in [-0.05, 0) is 30.5 Å². The maximum atomic E-state index is 13.0. The Kier molecular flexibility index (Phi) is 3.60. The highest BCUT2D eigenvalue weighted by molar-refractivity contribution is 7.15. The number of thiazole rings is 1. The van der Waals surface area contributed by atoms with E-state index >= 15 is 0 Å². The topological polar surface area (TPSA) is 12.9 Å². The number of aromatic nitrogens is 1. The molecule has 0 saturated heterocycles. The van der Waals surface area contributed by atoms with Crippen LogP contribution in [-0.4, -0.2) is 4.98 Å². The van der Waals surface area contributed by atoms with E-state index in [0.29, 0.717) is 10.9 Å². The molecule has 1 nitrogen and oxygen atoms in total. The molecule has 1 aromatic carbocycles. The first kappa shape index (κ1) is 12.7. The Balaban J connectivity index is 2.03. The highest BCUT2D eigenvalue weighted by Crippen LogP contribution is 2.41. The zero-order chi connectivity index (χ0) is 13.2. The van der Waals surface area contributed by atoms with E-state index in [1.165, 1.54) is 36.3 Å². The Morgan fingerprint density at radius 3 is 2.47 bits per heavy atom. The molecule has 0 unspecified atom stereocenters. The maximum Gasteiger partial charge on any atom is 0.141 e. The van der Waals surface area contributed by atoms with Gasteiger partial charge in [0, 0.05) is 5.92 Å². The van der Waals surface area contributed by atoms with Crippen molar-refractivity contribution < 1.29 is 8.78 Å². The van der Waals surface area contributed by atoms with Crippen molar-refractivity contribution in [1.29, 1.82) is 0 Å². The fraction of sp³-hybridized carbons (Fsp3) is 0.400. The monoisotopic (exact) mass is 279 g/mol. The lowest BCUT2D eigenvalue weighted by Gasteiger charge is -2.08. The second-order valence-corrected chi connectivity index (χ2v) is 6.03. The molecule has 2 aromatic rings. The summed E-state index contributed by atoms with van der Waals surface area (Å²) in [6, 6.07) is 6.40. The molecule has 1 saturated carbocycles. The van der Waals surface area contributed by atoms with E-state index in [9.17, 15) is 8.78 Å². The largest absolute Gasteiger partial charge is 0.243 e. The van der Waals surface area contributed by atoms with Gasteiger partial charge in [-0.2, -0.15) is 0 Å². The van der Waals surface area contributed by atoms with Crippen molar-refractivity contribution >= 4 is 11.3 Å². The number of hydrogen-bond donors (Lipinski definition) is 0. The molecule has 100 valence electrons. The van der Waals surface area contributed by atoms with Crippen molar-refractivity contribution in [2.24, 2.45) is 0 Å². The zero-order valence-corrected chi connectivity index (χ0v) is 11.4. The number of nitrogens with zero attached hydrogens (tertiary/aromatic N) is 1. The lowest BCUT2D eigenvalue weighted by molar-refractivity contribution is 0.482. The smallest absolute Gasteiger partial charge is 0.141 e. The van der Waals surface area contributed by atoms with Crippen LogP contribution in [0, 0.1) is 5.82 Å². The Morgan fingerprint density at radius 2 is 1.84 bits per heavy atom. The molecule has 0 bridgehead atoms. The van der Waals surface area contributed by atoms with Crippen LogP contribution in [0.25, 0.3) is 10.4 Å². The summed E-state index contributed by atoms with van der Waals surface area (Å²) >= 11 is 1.40. The van der Waals surface area contributed by atoms with Crippen molar-refractivity contribution in [2.45, 2.75) is 38.3 Å². The molecule has 0 aliphatic heterocycles. The summed E-state index contributed by atoms with van der Waals surface area (Å²) in [5.74, 6) is 0.193. The third-order valence-corrected chi connectivity index (χ3v) is 4.75. The van der Waals surface area contributed by atoms with Crippen LogP contribution in [0.4, 0.5) is 8.78 Å². The van der Waals surface area contributed by atoms with Crippen LogP contribution in [0.3, 0.4) is 0 Å². The first-order valence-electron chi connectivity index (χ1n) is 6.59. The average molecular weight is 279 g/mol. The molecule has 0 N–H and O–H groups in total. The summed E-state index contributed by atoms with van der Waals surface area (Å²) < 4.78 is 25.9. The van der Waals surface area contributed by atoms with Crippen molar-refractivity contribution in [3.8, 4) is 10.4 Å². The highest BCUT2D eigenvalue weighted by atomic mass is 32.1. The maximum absolute atomic E-state index is 13.0. The van der Waals surface area contributed by atoms with Crippen LogP contribution in [0.15, 0.2) is 24.3 Å². The molecule has 1 aliphatic rings. The van der Waals surface area contributed by atoms with Gasteiger partial charge in [-0.25, -0.2) is 13.8 Å². The Labute approximate surface area is 115 Å². The van der Waals surface area contributed by atoms with Gasteiger partial charge in [0.15, 0.2) is 0 Å². The standard InChI is InChI=1S/C15H15F2NS/c16-9-13-18-14(10-3-1-2-4-10)15(19-13)11-5-7-12(17)8-6-11/h5-8,10H,1-4,9H2. The van der Waals surface area contributed by atoms with Gasteiger partial charge in [-0.15, -0.1) is 11.3 Å². The van der Waals surface area contributed by atoms with Gasteiger partial charge in [0.2, 0.25) is 0 Å². The van der Waals surface area contributed by atoms with E-state index in [0.717, 1.165) is 29.0 Å². The number of hydrogen-bond acceptors (Lipinski definition) is 2. The Bertz CT molecular complexity index is 556. The Hall–Kier alpha value is -1.29. The minimum absolute atomic E-state index is 0.249. The summed E-state index contributed by atoms with van der Waals surface area (Å²) in [5, 5.41) is 0.529. The van der Waals surface area contributed by atoms with E-state index in [2.05, 4.69) is 4.98 Å². The average Bonchev–Trinajstić information content (AvgIpc) is 3.08. The molecule has 0 amide bonds. The molecular formula is C15H15F2NS. The van der Waals surface area contributed by atoms with Crippen LogP contribution in [-0.2, 0) is 6.67 Å². The van der Waals surface area contributed by atoms with E-state index in [1.807, 2.05) is 0 Å². The van der Waals surface area contributed by atoms with E-state index in [-0.39, 0.29) is 5.82 Å². The molecule has 3 rings (SSSR count). The van der Waals surface area contributed by atoms with E-state index < -0.39 is 6.67 Å². The number of alkyl halides is 1. The van der Waals surface area contributed by atoms with Crippen LogP contribution in [0.2, 0.25) is 0 Å². The van der Waals surface area contributed by atoms with Gasteiger partial charge in [0.25, 0.3) is 0 Å². The summed E-state index contributed by atoms with van der Waals surface area (Å²) in [7, 11) is 0. The molecule has 1 aromatic heterocycles. The predicted octanol–water partition coefficient (Wildman–Crippen LogP) is 5.08. The molecule has 1 heterocycles. The third kappa shape index (κ3) is 2.54. The van der Waals surface area contributed by atoms with Gasteiger partial charge in [0.1, 0.15) is 17.5 Å². The zero-order valence-electron chi connectivity index (χ0n) is 10.5. The van der Waals surface area contributed by atoms with E-state index in [1.54, 1.807) is 12.1 Å². The molecule has 0 radical (unpaired) electrons. The van der Waals surface area contributed by atoms with E-state index in [4.69, 9.17) is 0 Å². The van der Waals surface area contributed by atoms with Gasteiger partial charge in [0.05, 0.1) is 10.6 Å². The lowest BCUT2D eigenvalue weighted by Crippen LogP contribution is -1.95. The molecule has 1 fully saturated rings. The van der Waals surface area contributed by atoms with Gasteiger partial charge < -0.3 is 0 Å². The van der Waals surface area contributed by atoms with Crippen LogP contribution in [0.5, 0.6) is 0 Å². The normalized spacial score (nSPS) is 16.1. The summed E-state index contributed by atoms with van der Waals surface area (Å²) in [4.78, 5) is 5.47. The van der Waals surface area contributed by atoms with Crippen molar-refractivity contribution in [2.75, 3.05) is 0 Å². The quantitative estimate of drug-likeness (QED) is 0.763. The fourth-order valence-electron chi connectivity index (χ4n) is 2.72. The first-order chi connectivity index (χ1) is 9.28. The second kappa shape index (κ2) is 5.37. The third-order valence-electron chi connectivity index (χ3n) is 3.66. The molecule has 0 spiro atoms. The Morgan fingerprint density at radius 1 is 1.16 bits per heavy atom.